The summed E-state index contributed by atoms with van der Waals surface area (Å²) < 4.78 is 0. The van der Waals surface area contributed by atoms with Gasteiger partial charge in [-0.1, -0.05) is 32.6 Å². The predicted octanol–water partition coefficient (Wildman–Crippen LogP) is 2.31. The van der Waals surface area contributed by atoms with Crippen molar-refractivity contribution < 1.29 is 4.79 Å². The molecule has 0 aromatic carbocycles. The Balaban J connectivity index is 1.71. The molecule has 1 amide bonds. The van der Waals surface area contributed by atoms with E-state index in [1.165, 1.54) is 25.7 Å². The molecule has 0 unspecified atom stereocenters. The number of rotatable bonds is 5. The molecule has 4 N–H and O–H groups in total. The lowest BCUT2D eigenvalue weighted by Crippen LogP contribution is -2.27. The molecule has 1 aromatic rings. The van der Waals surface area contributed by atoms with Crippen molar-refractivity contribution in [3.8, 4) is 0 Å². The van der Waals surface area contributed by atoms with Crippen LogP contribution < -0.4 is 16.6 Å². The number of hydrogen-bond donors (Lipinski definition) is 3. The first kappa shape index (κ1) is 14.8. The first-order chi connectivity index (χ1) is 9.69. The Kier molecular flexibility index (Phi) is 5.35. The highest BCUT2D eigenvalue weighted by Crippen LogP contribution is 2.29. The number of aromatic nitrogens is 1. The monoisotopic (exact) mass is 276 g/mol. The minimum atomic E-state index is -0.113. The summed E-state index contributed by atoms with van der Waals surface area (Å²) >= 11 is 0. The van der Waals surface area contributed by atoms with E-state index in [1.807, 2.05) is 0 Å². The van der Waals surface area contributed by atoms with Crippen LogP contribution >= 0.6 is 0 Å². The van der Waals surface area contributed by atoms with Gasteiger partial charge in [0, 0.05) is 6.54 Å². The van der Waals surface area contributed by atoms with Crippen LogP contribution in [-0.2, 0) is 0 Å². The summed E-state index contributed by atoms with van der Waals surface area (Å²) in [7, 11) is 0. The average molecular weight is 276 g/mol. The van der Waals surface area contributed by atoms with Crippen LogP contribution in [0.4, 0.5) is 5.69 Å². The largest absolute Gasteiger partial charge is 0.351 e. The fraction of sp³-hybridized carbons (Fsp3) is 0.600. The van der Waals surface area contributed by atoms with Crippen LogP contribution in [0.5, 0.6) is 0 Å². The topological polar surface area (TPSA) is 80.0 Å². The molecule has 0 aliphatic heterocycles. The maximum absolute atomic E-state index is 11.9. The number of carbonyl (C=O) groups is 1. The molecule has 1 saturated carbocycles. The Labute approximate surface area is 120 Å². The van der Waals surface area contributed by atoms with Gasteiger partial charge in [-0.05, 0) is 30.4 Å². The van der Waals surface area contributed by atoms with E-state index in [2.05, 4.69) is 22.7 Å². The predicted molar refractivity (Wildman–Crippen MR) is 80.1 cm³/mol. The summed E-state index contributed by atoms with van der Waals surface area (Å²) in [6.45, 7) is 3.06. The second-order valence-electron chi connectivity index (χ2n) is 5.75. The van der Waals surface area contributed by atoms with Crippen molar-refractivity contribution in [2.24, 2.45) is 17.7 Å². The Morgan fingerprint density at radius 3 is 2.70 bits per heavy atom. The van der Waals surface area contributed by atoms with Crippen molar-refractivity contribution in [1.82, 2.24) is 10.3 Å². The molecule has 1 aliphatic rings. The normalized spacial score (nSPS) is 22.3. The zero-order valence-corrected chi connectivity index (χ0v) is 12.1. The molecular formula is C15H24N4O. The molecule has 110 valence electrons. The Hall–Kier alpha value is -1.62. The third kappa shape index (κ3) is 4.20. The van der Waals surface area contributed by atoms with Gasteiger partial charge < -0.3 is 10.7 Å². The lowest BCUT2D eigenvalue weighted by Gasteiger charge is -2.26. The van der Waals surface area contributed by atoms with Gasteiger partial charge in [-0.25, -0.2) is 4.98 Å². The van der Waals surface area contributed by atoms with E-state index >= 15 is 0 Å². The highest BCUT2D eigenvalue weighted by molar-refractivity contribution is 5.92. The van der Waals surface area contributed by atoms with Gasteiger partial charge in [-0.2, -0.15) is 0 Å². The van der Waals surface area contributed by atoms with E-state index in [9.17, 15) is 4.79 Å². The molecule has 1 aromatic heterocycles. The molecule has 0 saturated heterocycles. The van der Waals surface area contributed by atoms with Crippen LogP contribution in [0, 0.1) is 11.8 Å². The van der Waals surface area contributed by atoms with Gasteiger partial charge in [0.05, 0.1) is 11.9 Å². The molecule has 2 rings (SSSR count). The van der Waals surface area contributed by atoms with E-state index in [0.29, 0.717) is 11.4 Å². The Bertz CT molecular complexity index is 424. The number of hydrazine groups is 1. The van der Waals surface area contributed by atoms with Gasteiger partial charge in [0.25, 0.3) is 5.91 Å². The van der Waals surface area contributed by atoms with Crippen LogP contribution in [-0.4, -0.2) is 17.4 Å². The molecular weight excluding hydrogens is 252 g/mol. The molecule has 1 heterocycles. The highest BCUT2D eigenvalue weighted by atomic mass is 16.1. The molecule has 1 fully saturated rings. The zero-order valence-electron chi connectivity index (χ0n) is 12.1. The van der Waals surface area contributed by atoms with Gasteiger partial charge in [0.2, 0.25) is 0 Å². The lowest BCUT2D eigenvalue weighted by atomic mass is 9.81. The van der Waals surface area contributed by atoms with Crippen LogP contribution in [0.3, 0.4) is 0 Å². The highest BCUT2D eigenvalue weighted by Gasteiger charge is 2.18. The van der Waals surface area contributed by atoms with E-state index in [4.69, 9.17) is 5.84 Å². The minimum Gasteiger partial charge on any atom is -0.351 e. The average Bonchev–Trinajstić information content (AvgIpc) is 2.49. The Morgan fingerprint density at radius 1 is 1.35 bits per heavy atom. The lowest BCUT2D eigenvalue weighted by molar-refractivity contribution is 0.0945. The molecule has 20 heavy (non-hydrogen) atoms. The number of anilines is 1. The van der Waals surface area contributed by atoms with Gasteiger partial charge >= 0.3 is 0 Å². The van der Waals surface area contributed by atoms with Gasteiger partial charge in [0.15, 0.2) is 0 Å². The molecule has 0 radical (unpaired) electrons. The standard InChI is InChI=1S/C15H24N4O/c1-11-2-4-12(5-3-11)8-9-17-15(20)14-7-6-13(19-16)10-18-14/h6-7,10-12,19H,2-5,8-9,16H2,1H3,(H,17,20). The number of nitrogens with zero attached hydrogens (tertiary/aromatic N) is 1. The van der Waals surface area contributed by atoms with Crippen molar-refractivity contribution in [2.45, 2.75) is 39.0 Å². The SMILES string of the molecule is CC1CCC(CCNC(=O)c2ccc(NN)cn2)CC1. The summed E-state index contributed by atoms with van der Waals surface area (Å²) in [5, 5.41) is 2.94. The smallest absolute Gasteiger partial charge is 0.269 e. The molecule has 0 atom stereocenters. The zero-order chi connectivity index (χ0) is 14.4. The van der Waals surface area contributed by atoms with Gasteiger partial charge in [-0.15, -0.1) is 0 Å². The summed E-state index contributed by atoms with van der Waals surface area (Å²) in [5.74, 6) is 6.79. The summed E-state index contributed by atoms with van der Waals surface area (Å²) in [6.07, 6.45) is 7.87. The number of nitrogen functional groups attached to an aromatic ring is 1. The number of pyridine rings is 1. The first-order valence-corrected chi connectivity index (χ1v) is 7.40. The van der Waals surface area contributed by atoms with Crippen LogP contribution in [0.15, 0.2) is 18.3 Å². The van der Waals surface area contributed by atoms with Crippen LogP contribution in [0.1, 0.15) is 49.5 Å². The van der Waals surface area contributed by atoms with E-state index in [1.54, 1.807) is 18.3 Å². The van der Waals surface area contributed by atoms with Crippen LogP contribution in [0.2, 0.25) is 0 Å². The molecule has 5 heteroatoms. The van der Waals surface area contributed by atoms with E-state index < -0.39 is 0 Å². The summed E-state index contributed by atoms with van der Waals surface area (Å²) in [4.78, 5) is 16.0. The van der Waals surface area contributed by atoms with Crippen molar-refractivity contribution in [2.75, 3.05) is 12.0 Å². The van der Waals surface area contributed by atoms with Crippen molar-refractivity contribution >= 4 is 11.6 Å². The first-order valence-electron chi connectivity index (χ1n) is 7.40. The van der Waals surface area contributed by atoms with Gasteiger partial charge in [0.1, 0.15) is 5.69 Å². The minimum absolute atomic E-state index is 0.113. The van der Waals surface area contributed by atoms with Crippen molar-refractivity contribution in [3.05, 3.63) is 24.0 Å². The van der Waals surface area contributed by atoms with Crippen molar-refractivity contribution in [1.29, 1.82) is 0 Å². The number of carbonyl (C=O) groups excluding carboxylic acids is 1. The number of nitrogens with one attached hydrogen (secondary N) is 2. The maximum Gasteiger partial charge on any atom is 0.269 e. The molecule has 1 aliphatic carbocycles. The summed E-state index contributed by atoms with van der Waals surface area (Å²) in [6, 6.07) is 3.41. The van der Waals surface area contributed by atoms with Crippen molar-refractivity contribution in [3.63, 3.8) is 0 Å². The third-order valence-corrected chi connectivity index (χ3v) is 4.14. The fourth-order valence-corrected chi connectivity index (χ4v) is 2.71. The second-order valence-corrected chi connectivity index (χ2v) is 5.75. The molecule has 0 bridgehead atoms. The van der Waals surface area contributed by atoms with Crippen LogP contribution in [0.25, 0.3) is 0 Å². The number of amides is 1. The fourth-order valence-electron chi connectivity index (χ4n) is 2.71. The number of nitrogens with two attached hydrogens (primary N) is 1. The third-order valence-electron chi connectivity index (χ3n) is 4.14. The maximum atomic E-state index is 11.9. The second kappa shape index (κ2) is 7.24. The molecule has 5 nitrogen and oxygen atoms in total. The summed E-state index contributed by atoms with van der Waals surface area (Å²) in [5.41, 5.74) is 3.61. The quantitative estimate of drug-likeness (QED) is 0.569. The van der Waals surface area contributed by atoms with E-state index in [-0.39, 0.29) is 5.91 Å². The molecule has 0 spiro atoms. The Morgan fingerprint density at radius 2 is 2.10 bits per heavy atom. The van der Waals surface area contributed by atoms with E-state index in [0.717, 1.165) is 24.8 Å². The van der Waals surface area contributed by atoms with Gasteiger partial charge in [-0.3, -0.25) is 10.6 Å². The number of hydrogen-bond acceptors (Lipinski definition) is 4.